The van der Waals surface area contributed by atoms with Gasteiger partial charge in [-0.05, 0) is 38.8 Å². The van der Waals surface area contributed by atoms with Gasteiger partial charge in [-0.15, -0.1) is 0 Å². The quantitative estimate of drug-likeness (QED) is 0.779. The first kappa shape index (κ1) is 13.5. The van der Waals surface area contributed by atoms with E-state index < -0.39 is 0 Å². The van der Waals surface area contributed by atoms with E-state index in [9.17, 15) is 0 Å². The zero-order valence-electron chi connectivity index (χ0n) is 10.7. The average molecular weight is 244 g/mol. The van der Waals surface area contributed by atoms with Crippen molar-refractivity contribution >= 4 is 11.6 Å². The van der Waals surface area contributed by atoms with Gasteiger partial charge in [-0.2, -0.15) is 5.10 Å². The van der Waals surface area contributed by atoms with Crippen LogP contribution in [0.1, 0.15) is 31.7 Å². The van der Waals surface area contributed by atoms with E-state index in [0.29, 0.717) is 5.92 Å². The first-order chi connectivity index (χ1) is 7.56. The molecule has 1 N–H and O–H groups in total. The summed E-state index contributed by atoms with van der Waals surface area (Å²) >= 11 is 6.22. The van der Waals surface area contributed by atoms with Gasteiger partial charge in [-0.1, -0.05) is 25.4 Å². The Morgan fingerprint density at radius 3 is 2.69 bits per heavy atom. The minimum absolute atomic E-state index is 0.582. The van der Waals surface area contributed by atoms with Gasteiger partial charge in [-0.25, -0.2) is 0 Å². The molecule has 0 saturated heterocycles. The van der Waals surface area contributed by atoms with E-state index in [0.717, 1.165) is 35.9 Å². The molecule has 0 saturated carbocycles. The molecule has 1 rings (SSSR count). The smallest absolute Gasteiger partial charge is 0.0847 e. The molecule has 1 unspecified atom stereocenters. The van der Waals surface area contributed by atoms with Crippen molar-refractivity contribution < 1.29 is 0 Å². The van der Waals surface area contributed by atoms with E-state index in [2.05, 4.69) is 24.3 Å². The van der Waals surface area contributed by atoms with E-state index in [-0.39, 0.29) is 0 Å². The molecule has 0 aromatic carbocycles. The fourth-order valence-electron chi connectivity index (χ4n) is 1.83. The lowest BCUT2D eigenvalue weighted by atomic mass is 10.1. The topological polar surface area (TPSA) is 29.9 Å². The van der Waals surface area contributed by atoms with Crippen LogP contribution < -0.4 is 5.32 Å². The summed E-state index contributed by atoms with van der Waals surface area (Å²) in [7, 11) is 1.96. The third-order valence-corrected chi connectivity index (χ3v) is 3.21. The zero-order chi connectivity index (χ0) is 12.1. The summed E-state index contributed by atoms with van der Waals surface area (Å²) in [6.45, 7) is 8.49. The largest absolute Gasteiger partial charge is 0.316 e. The number of aromatic nitrogens is 2. The Bertz CT molecular complexity index is 333. The van der Waals surface area contributed by atoms with Gasteiger partial charge < -0.3 is 5.32 Å². The lowest BCUT2D eigenvalue weighted by molar-refractivity contribution is 0.495. The summed E-state index contributed by atoms with van der Waals surface area (Å²) in [5.74, 6) is 0.582. The molecular weight excluding hydrogens is 222 g/mol. The van der Waals surface area contributed by atoms with Crippen LogP contribution in [0.25, 0.3) is 0 Å². The number of halogens is 1. The minimum atomic E-state index is 0.582. The highest BCUT2D eigenvalue weighted by molar-refractivity contribution is 6.31. The third kappa shape index (κ3) is 3.49. The fraction of sp³-hybridized carbons (Fsp3) is 0.750. The van der Waals surface area contributed by atoms with Crippen LogP contribution in [-0.2, 0) is 13.5 Å². The molecule has 0 spiro atoms. The van der Waals surface area contributed by atoms with Crippen molar-refractivity contribution in [1.29, 1.82) is 0 Å². The molecule has 0 radical (unpaired) electrons. The Hall–Kier alpha value is -0.540. The Labute approximate surface area is 103 Å². The number of rotatable bonds is 6. The molecule has 4 heteroatoms. The van der Waals surface area contributed by atoms with Crippen molar-refractivity contribution in [2.75, 3.05) is 13.1 Å². The van der Waals surface area contributed by atoms with Crippen molar-refractivity contribution in [1.82, 2.24) is 15.1 Å². The summed E-state index contributed by atoms with van der Waals surface area (Å²) in [5.41, 5.74) is 2.07. The minimum Gasteiger partial charge on any atom is -0.316 e. The van der Waals surface area contributed by atoms with Gasteiger partial charge >= 0.3 is 0 Å². The van der Waals surface area contributed by atoms with E-state index in [4.69, 9.17) is 11.6 Å². The summed E-state index contributed by atoms with van der Waals surface area (Å²) < 4.78 is 1.90. The molecule has 1 atom stereocenters. The first-order valence-electron chi connectivity index (χ1n) is 5.95. The van der Waals surface area contributed by atoms with E-state index in [1.807, 2.05) is 18.7 Å². The SMILES string of the molecule is CCCNCC(C)Cc1c(Cl)c(C)nn1C. The number of hydrogen-bond acceptors (Lipinski definition) is 2. The van der Waals surface area contributed by atoms with Gasteiger partial charge in [0.25, 0.3) is 0 Å². The van der Waals surface area contributed by atoms with Crippen LogP contribution in [0, 0.1) is 12.8 Å². The molecule has 3 nitrogen and oxygen atoms in total. The Morgan fingerprint density at radius 1 is 1.50 bits per heavy atom. The molecule has 1 heterocycles. The maximum atomic E-state index is 6.22. The number of hydrogen-bond donors (Lipinski definition) is 1. The third-order valence-electron chi connectivity index (χ3n) is 2.72. The predicted octanol–water partition coefficient (Wildman–Crippen LogP) is 2.56. The molecule has 0 amide bonds. The van der Waals surface area contributed by atoms with Crippen LogP contribution in [0.2, 0.25) is 5.02 Å². The number of nitrogens with zero attached hydrogens (tertiary/aromatic N) is 2. The molecule has 0 aliphatic heterocycles. The zero-order valence-corrected chi connectivity index (χ0v) is 11.4. The standard InChI is InChI=1S/C12H22ClN3/c1-5-6-14-8-9(2)7-11-12(13)10(3)15-16(11)4/h9,14H,5-8H2,1-4H3. The normalized spacial score (nSPS) is 13.1. The fourth-order valence-corrected chi connectivity index (χ4v) is 2.07. The van der Waals surface area contributed by atoms with Gasteiger partial charge in [0.1, 0.15) is 0 Å². The van der Waals surface area contributed by atoms with Crippen molar-refractivity contribution in [2.45, 2.75) is 33.6 Å². The van der Waals surface area contributed by atoms with Crippen LogP contribution >= 0.6 is 11.6 Å². The molecular formula is C12H22ClN3. The predicted molar refractivity (Wildman–Crippen MR) is 69.0 cm³/mol. The van der Waals surface area contributed by atoms with Gasteiger partial charge in [0.15, 0.2) is 0 Å². The molecule has 0 aliphatic rings. The van der Waals surface area contributed by atoms with Crippen molar-refractivity contribution in [3.8, 4) is 0 Å². The Balaban J connectivity index is 2.52. The van der Waals surface area contributed by atoms with Gasteiger partial charge in [0, 0.05) is 7.05 Å². The lowest BCUT2D eigenvalue weighted by Gasteiger charge is -2.12. The molecule has 0 aliphatic carbocycles. The lowest BCUT2D eigenvalue weighted by Crippen LogP contribution is -2.23. The average Bonchev–Trinajstić information content (AvgIpc) is 2.46. The van der Waals surface area contributed by atoms with Crippen LogP contribution in [-0.4, -0.2) is 22.9 Å². The van der Waals surface area contributed by atoms with E-state index in [1.54, 1.807) is 0 Å². The second-order valence-corrected chi connectivity index (χ2v) is 4.86. The van der Waals surface area contributed by atoms with Gasteiger partial charge in [0.2, 0.25) is 0 Å². The molecule has 92 valence electrons. The van der Waals surface area contributed by atoms with Crippen LogP contribution in [0.4, 0.5) is 0 Å². The highest BCUT2D eigenvalue weighted by Gasteiger charge is 2.13. The summed E-state index contributed by atoms with van der Waals surface area (Å²) in [6.07, 6.45) is 2.16. The van der Waals surface area contributed by atoms with Crippen LogP contribution in [0.3, 0.4) is 0 Å². The highest BCUT2D eigenvalue weighted by atomic mass is 35.5. The first-order valence-corrected chi connectivity index (χ1v) is 6.32. The van der Waals surface area contributed by atoms with Crippen molar-refractivity contribution in [3.63, 3.8) is 0 Å². The Kier molecular flexibility index (Phi) is 5.29. The second kappa shape index (κ2) is 6.26. The summed E-state index contributed by atoms with van der Waals surface area (Å²) in [4.78, 5) is 0. The summed E-state index contributed by atoms with van der Waals surface area (Å²) in [6, 6.07) is 0. The van der Waals surface area contributed by atoms with Crippen molar-refractivity contribution in [3.05, 3.63) is 16.4 Å². The molecule has 0 bridgehead atoms. The maximum Gasteiger partial charge on any atom is 0.0847 e. The highest BCUT2D eigenvalue weighted by Crippen LogP contribution is 2.21. The van der Waals surface area contributed by atoms with E-state index >= 15 is 0 Å². The molecule has 1 aromatic heterocycles. The van der Waals surface area contributed by atoms with Crippen molar-refractivity contribution in [2.24, 2.45) is 13.0 Å². The summed E-state index contributed by atoms with van der Waals surface area (Å²) in [5, 5.41) is 8.58. The van der Waals surface area contributed by atoms with E-state index in [1.165, 1.54) is 6.42 Å². The molecule has 0 fully saturated rings. The van der Waals surface area contributed by atoms with Crippen LogP contribution in [0.5, 0.6) is 0 Å². The van der Waals surface area contributed by atoms with Gasteiger partial charge in [0.05, 0.1) is 16.4 Å². The molecule has 16 heavy (non-hydrogen) atoms. The number of aryl methyl sites for hydroxylation is 2. The van der Waals surface area contributed by atoms with Gasteiger partial charge in [-0.3, -0.25) is 4.68 Å². The monoisotopic (exact) mass is 243 g/mol. The second-order valence-electron chi connectivity index (χ2n) is 4.48. The maximum absolute atomic E-state index is 6.22. The number of nitrogens with one attached hydrogen (secondary N) is 1. The van der Waals surface area contributed by atoms with Crippen LogP contribution in [0.15, 0.2) is 0 Å². The Morgan fingerprint density at radius 2 is 2.19 bits per heavy atom. The molecule has 1 aromatic rings.